The Labute approximate surface area is 168 Å². The second kappa shape index (κ2) is 12.7. The molecule has 0 spiro atoms. The number of halogens is 1. The highest BCUT2D eigenvalue weighted by molar-refractivity contribution is 5.85. The van der Waals surface area contributed by atoms with Crippen LogP contribution in [0.15, 0.2) is 30.3 Å². The Morgan fingerprint density at radius 3 is 2.67 bits per heavy atom. The Morgan fingerprint density at radius 1 is 1.22 bits per heavy atom. The highest BCUT2D eigenvalue weighted by Crippen LogP contribution is 2.15. The van der Waals surface area contributed by atoms with Gasteiger partial charge in [-0.25, -0.2) is 0 Å². The third-order valence-electron chi connectivity index (χ3n) is 4.97. The maximum atomic E-state index is 12.2. The van der Waals surface area contributed by atoms with E-state index in [9.17, 15) is 9.59 Å². The van der Waals surface area contributed by atoms with E-state index in [2.05, 4.69) is 22.3 Å². The minimum Gasteiger partial charge on any atom is -0.480 e. The van der Waals surface area contributed by atoms with E-state index in [0.29, 0.717) is 13.1 Å². The zero-order valence-electron chi connectivity index (χ0n) is 16.1. The van der Waals surface area contributed by atoms with Gasteiger partial charge in [0.05, 0.1) is 13.1 Å². The van der Waals surface area contributed by atoms with E-state index in [4.69, 9.17) is 5.11 Å². The van der Waals surface area contributed by atoms with E-state index in [0.717, 1.165) is 45.2 Å². The molecule has 1 saturated heterocycles. The van der Waals surface area contributed by atoms with Crippen molar-refractivity contribution in [3.63, 3.8) is 0 Å². The van der Waals surface area contributed by atoms with Gasteiger partial charge in [0.2, 0.25) is 5.91 Å². The number of carboxylic acids is 1. The van der Waals surface area contributed by atoms with Crippen LogP contribution in [-0.2, 0) is 16.0 Å². The monoisotopic (exact) mass is 397 g/mol. The first kappa shape index (κ1) is 23.4. The highest BCUT2D eigenvalue weighted by atomic mass is 35.5. The van der Waals surface area contributed by atoms with Crippen LogP contribution in [0.3, 0.4) is 0 Å². The number of hydrogen-bond acceptors (Lipinski definition) is 4. The van der Waals surface area contributed by atoms with E-state index < -0.39 is 5.97 Å². The minimum absolute atomic E-state index is 0. The summed E-state index contributed by atoms with van der Waals surface area (Å²) in [6, 6.07) is 10.6. The van der Waals surface area contributed by atoms with Crippen molar-refractivity contribution < 1.29 is 14.7 Å². The molecule has 1 atom stereocenters. The summed E-state index contributed by atoms with van der Waals surface area (Å²) in [5, 5.41) is 11.9. The number of benzene rings is 1. The normalized spacial score (nSPS) is 17.8. The van der Waals surface area contributed by atoms with Gasteiger partial charge in [0.15, 0.2) is 0 Å². The van der Waals surface area contributed by atoms with Crippen LogP contribution in [0.4, 0.5) is 0 Å². The van der Waals surface area contributed by atoms with Gasteiger partial charge in [0, 0.05) is 19.1 Å². The van der Waals surface area contributed by atoms with Crippen LogP contribution in [0.5, 0.6) is 0 Å². The van der Waals surface area contributed by atoms with E-state index >= 15 is 0 Å². The number of hydrogen-bond donors (Lipinski definition) is 2. The predicted molar refractivity (Wildman–Crippen MR) is 109 cm³/mol. The van der Waals surface area contributed by atoms with E-state index in [1.54, 1.807) is 0 Å². The lowest BCUT2D eigenvalue weighted by Crippen LogP contribution is -2.39. The molecule has 2 N–H and O–H groups in total. The number of likely N-dealkylation sites (N-methyl/N-ethyl adjacent to an activating group) is 1. The molecule has 0 saturated carbocycles. The first-order valence-corrected chi connectivity index (χ1v) is 9.49. The Kier molecular flexibility index (Phi) is 11.0. The summed E-state index contributed by atoms with van der Waals surface area (Å²) in [6.45, 7) is 2.94. The number of aliphatic carboxylic acids is 1. The average molecular weight is 398 g/mol. The molecule has 6 nitrogen and oxygen atoms in total. The second-order valence-electron chi connectivity index (χ2n) is 7.11. The molecule has 0 aliphatic carbocycles. The van der Waals surface area contributed by atoms with Crippen molar-refractivity contribution in [3.8, 4) is 0 Å². The van der Waals surface area contributed by atoms with E-state index in [1.807, 2.05) is 30.1 Å². The summed E-state index contributed by atoms with van der Waals surface area (Å²) >= 11 is 0. The van der Waals surface area contributed by atoms with Gasteiger partial charge in [-0.15, -0.1) is 12.4 Å². The molecule has 1 heterocycles. The number of rotatable bonds is 9. The molecule has 152 valence electrons. The van der Waals surface area contributed by atoms with Crippen molar-refractivity contribution in [2.45, 2.75) is 38.1 Å². The van der Waals surface area contributed by atoms with Crippen LogP contribution in [0, 0.1) is 0 Å². The molecule has 1 aliphatic heterocycles. The summed E-state index contributed by atoms with van der Waals surface area (Å²) in [5.41, 5.74) is 1.30. The molecule has 7 heteroatoms. The lowest BCUT2D eigenvalue weighted by atomic mass is 10.1. The van der Waals surface area contributed by atoms with E-state index in [-0.39, 0.29) is 30.9 Å². The number of amides is 1. The number of likely N-dealkylation sites (tertiary alicyclic amines) is 1. The van der Waals surface area contributed by atoms with Crippen molar-refractivity contribution >= 4 is 24.3 Å². The maximum Gasteiger partial charge on any atom is 0.317 e. The molecule has 1 aromatic rings. The average Bonchev–Trinajstić information content (AvgIpc) is 2.85. The third kappa shape index (κ3) is 9.22. The number of carboxylic acid groups (broad SMARTS) is 1. The third-order valence-corrected chi connectivity index (χ3v) is 4.97. The van der Waals surface area contributed by atoms with Crippen LogP contribution >= 0.6 is 12.4 Å². The number of nitrogens with zero attached hydrogens (tertiary/aromatic N) is 2. The summed E-state index contributed by atoms with van der Waals surface area (Å²) < 4.78 is 0. The number of aryl methyl sites for hydroxylation is 1. The van der Waals surface area contributed by atoms with Gasteiger partial charge in [-0.05, 0) is 51.3 Å². The smallest absolute Gasteiger partial charge is 0.317 e. The summed E-state index contributed by atoms with van der Waals surface area (Å²) in [6.07, 6.45) is 4.81. The molecule has 1 fully saturated rings. The minimum atomic E-state index is -0.788. The van der Waals surface area contributed by atoms with Crippen molar-refractivity contribution in [1.29, 1.82) is 0 Å². The van der Waals surface area contributed by atoms with Crippen molar-refractivity contribution in [1.82, 2.24) is 15.1 Å². The van der Waals surface area contributed by atoms with Crippen LogP contribution in [0.25, 0.3) is 0 Å². The Morgan fingerprint density at radius 2 is 1.96 bits per heavy atom. The zero-order valence-corrected chi connectivity index (χ0v) is 16.9. The highest BCUT2D eigenvalue weighted by Gasteiger charge is 2.22. The fourth-order valence-corrected chi connectivity index (χ4v) is 3.50. The fourth-order valence-electron chi connectivity index (χ4n) is 3.50. The van der Waals surface area contributed by atoms with Crippen molar-refractivity contribution in [2.75, 3.05) is 39.8 Å². The van der Waals surface area contributed by atoms with Gasteiger partial charge in [0.1, 0.15) is 0 Å². The van der Waals surface area contributed by atoms with Crippen molar-refractivity contribution in [2.24, 2.45) is 0 Å². The standard InChI is InChI=1S/C20H31N3O3.ClH/c1-22(16-20(25)26)18-10-6-13-23(14-11-18)15-19(24)21-12-5-9-17-7-3-2-4-8-17;/h2-4,7-8,18H,5-6,9-16H2,1H3,(H,21,24)(H,25,26);1H. The molecule has 1 amide bonds. The fraction of sp³-hybridized carbons (Fsp3) is 0.600. The van der Waals surface area contributed by atoms with Gasteiger partial charge in [-0.2, -0.15) is 0 Å². The molecule has 1 aromatic carbocycles. The Balaban J connectivity index is 0.00000364. The zero-order chi connectivity index (χ0) is 18.8. The van der Waals surface area contributed by atoms with Crippen LogP contribution in [0.1, 0.15) is 31.2 Å². The molecule has 27 heavy (non-hydrogen) atoms. The maximum absolute atomic E-state index is 12.2. The van der Waals surface area contributed by atoms with Crippen molar-refractivity contribution in [3.05, 3.63) is 35.9 Å². The molecule has 2 rings (SSSR count). The first-order chi connectivity index (χ1) is 12.5. The molecule has 1 unspecified atom stereocenters. The second-order valence-corrected chi connectivity index (χ2v) is 7.11. The van der Waals surface area contributed by atoms with Gasteiger partial charge >= 0.3 is 5.97 Å². The molecular weight excluding hydrogens is 366 g/mol. The molecule has 1 aliphatic rings. The Bertz CT molecular complexity index is 571. The number of nitrogens with one attached hydrogen (secondary N) is 1. The van der Waals surface area contributed by atoms with Gasteiger partial charge < -0.3 is 10.4 Å². The molecule has 0 radical (unpaired) electrons. The van der Waals surface area contributed by atoms with Crippen LogP contribution in [0.2, 0.25) is 0 Å². The van der Waals surface area contributed by atoms with Crippen LogP contribution < -0.4 is 5.32 Å². The predicted octanol–water partition coefficient (Wildman–Crippen LogP) is 2.03. The summed E-state index contributed by atoms with van der Waals surface area (Å²) in [7, 11) is 1.87. The summed E-state index contributed by atoms with van der Waals surface area (Å²) in [4.78, 5) is 27.1. The lowest BCUT2D eigenvalue weighted by Gasteiger charge is -2.25. The lowest BCUT2D eigenvalue weighted by molar-refractivity contribution is -0.138. The number of carbonyl (C=O) groups is 2. The molecule has 0 aromatic heterocycles. The largest absolute Gasteiger partial charge is 0.480 e. The molecular formula is C20H32ClN3O3. The van der Waals surface area contributed by atoms with Gasteiger partial charge in [-0.1, -0.05) is 30.3 Å². The SMILES string of the molecule is CN(CC(=O)O)C1CCCN(CC(=O)NCCCc2ccccc2)CC1.Cl. The number of carbonyl (C=O) groups excluding carboxylic acids is 1. The quantitative estimate of drug-likeness (QED) is 0.624. The first-order valence-electron chi connectivity index (χ1n) is 9.49. The van der Waals surface area contributed by atoms with Gasteiger partial charge in [0.25, 0.3) is 0 Å². The summed E-state index contributed by atoms with van der Waals surface area (Å²) in [5.74, 6) is -0.709. The van der Waals surface area contributed by atoms with E-state index in [1.165, 1.54) is 5.56 Å². The molecule has 0 bridgehead atoms. The Hall–Kier alpha value is -1.63. The van der Waals surface area contributed by atoms with Gasteiger partial charge in [-0.3, -0.25) is 19.4 Å². The van der Waals surface area contributed by atoms with Crippen LogP contribution in [-0.4, -0.2) is 72.6 Å². The topological polar surface area (TPSA) is 72.9 Å².